The van der Waals surface area contributed by atoms with Gasteiger partial charge in [-0.3, -0.25) is 9.78 Å². The number of benzene rings is 10. The van der Waals surface area contributed by atoms with Crippen LogP contribution in [0.1, 0.15) is 119 Å². The maximum atomic E-state index is 14.2. The van der Waals surface area contributed by atoms with Crippen molar-refractivity contribution < 1.29 is 57.4 Å². The average molecular weight is 1140 g/mol. The largest absolute Gasteiger partial charge is 0.419 e. The summed E-state index contributed by atoms with van der Waals surface area (Å²) in [7, 11) is 0. The van der Waals surface area contributed by atoms with Gasteiger partial charge in [0.2, 0.25) is 5.75 Å². The average Bonchev–Trinajstić information content (AvgIpc) is 1.59. The van der Waals surface area contributed by atoms with Crippen LogP contribution in [0.5, 0.6) is 40.2 Å². The first-order valence-electron chi connectivity index (χ1n) is 28.2. The number of carbonyl (C=O) groups excluding carboxylic acids is 5. The molecule has 3 aliphatic carbocycles. The fourth-order valence-corrected chi connectivity index (χ4v) is 11.3. The molecule has 0 unspecified atom stereocenters. The third kappa shape index (κ3) is 10.5. The molecule has 0 radical (unpaired) electrons. The Labute approximate surface area is 496 Å². The third-order valence-corrected chi connectivity index (χ3v) is 15.9. The number of fused-ring (bicyclic) bond motifs is 12. The van der Waals surface area contributed by atoms with Crippen LogP contribution in [-0.2, 0) is 19.3 Å². The van der Waals surface area contributed by atoms with E-state index in [2.05, 4.69) is 0 Å². The van der Waals surface area contributed by atoms with Gasteiger partial charge in [-0.1, -0.05) is 106 Å². The molecule has 0 aromatic heterocycles. The lowest BCUT2D eigenvalue weighted by Crippen LogP contribution is -2.13. The monoisotopic (exact) mass is 1130 g/mol. The molecule has 0 fully saturated rings. The fourth-order valence-electron chi connectivity index (χ4n) is 11.3. The van der Waals surface area contributed by atoms with Gasteiger partial charge in [-0.05, 0) is 237 Å². The van der Waals surface area contributed by atoms with Crippen molar-refractivity contribution in [1.29, 1.82) is 0 Å². The molecule has 0 bridgehead atoms. The highest BCUT2D eigenvalue weighted by molar-refractivity contribution is 6.03. The maximum absolute atomic E-state index is 14.2. The fraction of sp³-hybridized carbons (Fsp3) is 0.122. The van der Waals surface area contributed by atoms with E-state index < -0.39 is 29.8 Å². The minimum absolute atomic E-state index is 0.0207. The van der Waals surface area contributed by atoms with Crippen LogP contribution >= 0.6 is 0 Å². The zero-order chi connectivity index (χ0) is 59.5. The molecule has 0 aliphatic heterocycles. The summed E-state index contributed by atoms with van der Waals surface area (Å²) in [5, 5.41) is 0. The van der Waals surface area contributed by atoms with Crippen LogP contribution in [-0.4, -0.2) is 29.8 Å². The van der Waals surface area contributed by atoms with Gasteiger partial charge in [0.05, 0.1) is 27.8 Å². The minimum atomic E-state index is -0.656. The number of ether oxygens (including phenoxy) is 5. The highest BCUT2D eigenvalue weighted by atomic mass is 17.2. The quantitative estimate of drug-likeness (QED) is 0.0468. The van der Waals surface area contributed by atoms with Gasteiger partial charge in [-0.15, -0.1) is 0 Å². The normalized spacial score (nSPS) is 11.9. The van der Waals surface area contributed by atoms with E-state index in [1.54, 1.807) is 103 Å². The van der Waals surface area contributed by atoms with Gasteiger partial charge in [0, 0.05) is 0 Å². The van der Waals surface area contributed by atoms with Crippen molar-refractivity contribution in [3.63, 3.8) is 0 Å². The molecular formula is C74H54O12. The second kappa shape index (κ2) is 22.0. The summed E-state index contributed by atoms with van der Waals surface area (Å²) in [5.74, 6) is -2.41. The summed E-state index contributed by atoms with van der Waals surface area (Å²) in [6.07, 6.45) is 1.03. The van der Waals surface area contributed by atoms with E-state index in [-0.39, 0.29) is 34.5 Å². The zero-order valence-electron chi connectivity index (χ0n) is 47.8. The molecule has 0 saturated heterocycles. The number of hydrogen-bond acceptors (Lipinski definition) is 12. The second-order valence-electron chi connectivity index (χ2n) is 22.2. The van der Waals surface area contributed by atoms with Crippen molar-refractivity contribution in [2.24, 2.45) is 0 Å². The molecule has 0 spiro atoms. The van der Waals surface area contributed by atoms with Gasteiger partial charge in [-0.2, -0.15) is 0 Å². The van der Waals surface area contributed by atoms with Gasteiger partial charge < -0.3 is 23.7 Å². The summed E-state index contributed by atoms with van der Waals surface area (Å²) in [5.41, 5.74) is 17.2. The molecule has 10 aromatic carbocycles. The number of hydrogen-bond donors (Lipinski definition) is 0. The summed E-state index contributed by atoms with van der Waals surface area (Å²) >= 11 is 0. The van der Waals surface area contributed by atoms with Crippen LogP contribution in [0.15, 0.2) is 182 Å². The topological polar surface area (TPSA) is 150 Å². The van der Waals surface area contributed by atoms with E-state index in [1.165, 1.54) is 0 Å². The third-order valence-electron chi connectivity index (χ3n) is 15.9. The summed E-state index contributed by atoms with van der Waals surface area (Å²) < 4.78 is 31.2. The summed E-state index contributed by atoms with van der Waals surface area (Å²) in [6.45, 7) is 11.6. The Morgan fingerprint density at radius 2 is 0.488 bits per heavy atom. The van der Waals surface area contributed by atoms with Crippen molar-refractivity contribution in [3.8, 4) is 73.6 Å². The summed E-state index contributed by atoms with van der Waals surface area (Å²) in [4.78, 5) is 82.6. The van der Waals surface area contributed by atoms with Crippen LogP contribution in [0, 0.1) is 41.5 Å². The second-order valence-corrected chi connectivity index (χ2v) is 22.2. The van der Waals surface area contributed by atoms with E-state index >= 15 is 0 Å². The van der Waals surface area contributed by atoms with E-state index in [4.69, 9.17) is 33.5 Å². The van der Waals surface area contributed by atoms with E-state index in [1.807, 2.05) is 120 Å². The molecule has 86 heavy (non-hydrogen) atoms. The Hall–Kier alpha value is -10.9. The highest BCUT2D eigenvalue weighted by Gasteiger charge is 2.40. The number of rotatable bonds is 13. The van der Waals surface area contributed by atoms with E-state index in [0.29, 0.717) is 52.8 Å². The molecule has 12 heteroatoms. The predicted molar refractivity (Wildman–Crippen MR) is 324 cm³/mol. The SMILES string of the molecule is Cc1ccc(OOc2cc3c(cc2OC(=O)c2ccc(C)cc2)Cc2c-3c3c(c4c2-c2cc(OC(=O)c5ccc(C)cc5)c(OC(=O)c5ccc(C)cc5)cc2C4)-c2cc(OC(=O)c4ccc(C)cc4)c(OC(=O)c4ccc(C)cc4)cc2C3)cc1. The van der Waals surface area contributed by atoms with Crippen LogP contribution < -0.4 is 33.5 Å². The maximum Gasteiger partial charge on any atom is 0.343 e. The smallest absolute Gasteiger partial charge is 0.343 e. The van der Waals surface area contributed by atoms with E-state index in [0.717, 1.165) is 100 Å². The molecule has 3 aliphatic rings. The first-order valence-corrected chi connectivity index (χ1v) is 28.2. The van der Waals surface area contributed by atoms with Crippen molar-refractivity contribution in [2.45, 2.75) is 60.8 Å². The van der Waals surface area contributed by atoms with Crippen molar-refractivity contribution >= 4 is 29.8 Å². The van der Waals surface area contributed by atoms with E-state index in [9.17, 15) is 24.0 Å². The molecule has 0 amide bonds. The van der Waals surface area contributed by atoms with Gasteiger partial charge in [0.15, 0.2) is 34.5 Å². The standard InChI is InChI=1S/C74H54O12/c1-40-7-19-46(20-8-40)70(75)80-61-34-51-31-58-67-56-38-65(84-74(79)50-27-15-44(5)16-28-50)62(81-71(76)47-21-9-41(2)10-22-47)35-52(56)32-59(67)69-57-39-66(86-85-54-29-17-45(6)18-30-54)63(82-72(77)48-23-11-42(3)12-24-48)36-53(57)33-60(69)68(58)55(51)37-64(61)83-73(78)49-25-13-43(4)14-26-49/h7-30,34-39H,31-33H2,1-6H3. The van der Waals surface area contributed by atoms with Gasteiger partial charge in [0.1, 0.15) is 0 Å². The van der Waals surface area contributed by atoms with Crippen molar-refractivity contribution in [2.75, 3.05) is 0 Å². The lowest BCUT2D eigenvalue weighted by molar-refractivity contribution is -0.101. The highest BCUT2D eigenvalue weighted by Crippen LogP contribution is 2.59. The summed E-state index contributed by atoms with van der Waals surface area (Å²) in [6, 6.07) is 53.1. The molecule has 10 aromatic rings. The molecular weight excluding hydrogens is 1080 g/mol. The Bertz CT molecular complexity index is 4350. The molecule has 0 saturated carbocycles. The molecule has 422 valence electrons. The Morgan fingerprint density at radius 1 is 0.267 bits per heavy atom. The lowest BCUT2D eigenvalue weighted by atomic mass is 9.86. The molecule has 0 atom stereocenters. The van der Waals surface area contributed by atoms with Crippen molar-refractivity contribution in [3.05, 3.63) is 277 Å². The van der Waals surface area contributed by atoms with Gasteiger partial charge in [0.25, 0.3) is 0 Å². The zero-order valence-corrected chi connectivity index (χ0v) is 47.8. The van der Waals surface area contributed by atoms with Crippen LogP contribution in [0.2, 0.25) is 0 Å². The first kappa shape index (κ1) is 54.4. The lowest BCUT2D eigenvalue weighted by Gasteiger charge is -2.18. The minimum Gasteiger partial charge on any atom is -0.419 e. The predicted octanol–water partition coefficient (Wildman–Crippen LogP) is 15.7. The van der Waals surface area contributed by atoms with Crippen LogP contribution in [0.4, 0.5) is 0 Å². The van der Waals surface area contributed by atoms with Crippen LogP contribution in [0.25, 0.3) is 33.4 Å². The molecule has 12 nitrogen and oxygen atoms in total. The van der Waals surface area contributed by atoms with Crippen molar-refractivity contribution in [1.82, 2.24) is 0 Å². The number of esters is 5. The Balaban J connectivity index is 1.00. The Kier molecular flexibility index (Phi) is 13.9. The Morgan fingerprint density at radius 3 is 0.756 bits per heavy atom. The molecule has 13 rings (SSSR count). The first-order chi connectivity index (χ1) is 41.6. The van der Waals surface area contributed by atoms with Gasteiger partial charge >= 0.3 is 29.8 Å². The molecule has 0 N–H and O–H groups in total. The van der Waals surface area contributed by atoms with Gasteiger partial charge in [-0.25, -0.2) is 24.0 Å². The molecule has 0 heterocycles. The number of aryl methyl sites for hydroxylation is 6. The van der Waals surface area contributed by atoms with Crippen LogP contribution in [0.3, 0.4) is 0 Å². The number of carbonyl (C=O) groups is 5.